The van der Waals surface area contributed by atoms with E-state index in [1.165, 1.54) is 18.7 Å². The number of rotatable bonds is 8. The number of carbonyl (C=O) groups is 2. The summed E-state index contributed by atoms with van der Waals surface area (Å²) in [4.78, 5) is 23.2. The Bertz CT molecular complexity index is 1060. The van der Waals surface area contributed by atoms with Crippen molar-refractivity contribution in [2.45, 2.75) is 11.9 Å². The van der Waals surface area contributed by atoms with Crippen molar-refractivity contribution in [1.82, 2.24) is 10.2 Å². The van der Waals surface area contributed by atoms with Gasteiger partial charge in [0.1, 0.15) is 5.03 Å². The van der Waals surface area contributed by atoms with E-state index in [0.29, 0.717) is 33.6 Å². The zero-order valence-corrected chi connectivity index (χ0v) is 18.2. The number of benzene rings is 2. The van der Waals surface area contributed by atoms with Gasteiger partial charge in [-0.25, -0.2) is 0 Å². The Hall–Kier alpha value is -3.59. The minimum atomic E-state index is -0.164. The first-order valence-corrected chi connectivity index (χ1v) is 10.3. The number of amides is 2. The van der Waals surface area contributed by atoms with Crippen LogP contribution in [0.3, 0.4) is 0 Å². The Morgan fingerprint density at radius 3 is 2.13 bits per heavy atom. The van der Waals surface area contributed by atoms with Crippen LogP contribution in [0.4, 0.5) is 11.4 Å². The number of aromatic nitrogens is 2. The molecule has 0 aliphatic rings. The van der Waals surface area contributed by atoms with E-state index in [-0.39, 0.29) is 17.6 Å². The van der Waals surface area contributed by atoms with Crippen LogP contribution in [0.15, 0.2) is 59.6 Å². The molecule has 3 rings (SSSR count). The van der Waals surface area contributed by atoms with Gasteiger partial charge in [-0.15, -0.1) is 10.2 Å². The van der Waals surface area contributed by atoms with Gasteiger partial charge in [0.05, 0.1) is 25.7 Å². The van der Waals surface area contributed by atoms with E-state index in [2.05, 4.69) is 20.8 Å². The first kappa shape index (κ1) is 22.1. The van der Waals surface area contributed by atoms with E-state index in [4.69, 9.17) is 9.47 Å². The fourth-order valence-corrected chi connectivity index (χ4v) is 3.34. The van der Waals surface area contributed by atoms with Crippen LogP contribution in [0.2, 0.25) is 0 Å². The number of nitrogens with one attached hydrogen (secondary N) is 2. The lowest BCUT2D eigenvalue weighted by Crippen LogP contribution is -2.14. The highest BCUT2D eigenvalue weighted by molar-refractivity contribution is 7.99. The summed E-state index contributed by atoms with van der Waals surface area (Å²) in [5, 5.41) is 14.6. The van der Waals surface area contributed by atoms with Gasteiger partial charge in [-0.3, -0.25) is 9.59 Å². The number of methoxy groups -OCH3 is 2. The van der Waals surface area contributed by atoms with Gasteiger partial charge in [0.2, 0.25) is 11.8 Å². The second-order valence-electron chi connectivity index (χ2n) is 6.42. The van der Waals surface area contributed by atoms with Gasteiger partial charge in [0, 0.05) is 23.9 Å². The standard InChI is InChI=1S/C22H22N4O4S/c1-14(27)23-16-5-7-17(8-6-16)24-21(28)13-31-22-11-9-18(25-26-22)15-4-10-19(29-2)20(12-15)30-3/h4-12H,13H2,1-3H3,(H,23,27)(H,24,28). The third kappa shape index (κ3) is 6.19. The summed E-state index contributed by atoms with van der Waals surface area (Å²) in [6.07, 6.45) is 0. The minimum absolute atomic E-state index is 0.147. The molecular weight excluding hydrogens is 416 g/mol. The van der Waals surface area contributed by atoms with Crippen molar-refractivity contribution in [3.05, 3.63) is 54.6 Å². The fraction of sp³-hybridized carbons (Fsp3) is 0.182. The van der Waals surface area contributed by atoms with Crippen molar-refractivity contribution < 1.29 is 19.1 Å². The molecule has 1 aromatic heterocycles. The largest absolute Gasteiger partial charge is 0.493 e. The molecule has 1 heterocycles. The zero-order chi connectivity index (χ0) is 22.2. The third-order valence-corrected chi connectivity index (χ3v) is 5.08. The predicted molar refractivity (Wildman–Crippen MR) is 121 cm³/mol. The first-order valence-electron chi connectivity index (χ1n) is 9.35. The molecule has 31 heavy (non-hydrogen) atoms. The van der Waals surface area contributed by atoms with E-state index in [9.17, 15) is 9.59 Å². The molecule has 0 saturated carbocycles. The van der Waals surface area contributed by atoms with Crippen molar-refractivity contribution in [2.24, 2.45) is 0 Å². The summed E-state index contributed by atoms with van der Waals surface area (Å²) in [5.41, 5.74) is 2.86. The average molecular weight is 439 g/mol. The molecule has 0 fully saturated rings. The molecule has 160 valence electrons. The maximum absolute atomic E-state index is 12.2. The van der Waals surface area contributed by atoms with E-state index in [1.54, 1.807) is 38.5 Å². The van der Waals surface area contributed by atoms with Crippen LogP contribution in [-0.4, -0.2) is 42.0 Å². The lowest BCUT2D eigenvalue weighted by atomic mass is 10.1. The summed E-state index contributed by atoms with van der Waals surface area (Å²) < 4.78 is 10.6. The Labute approximate surface area is 184 Å². The smallest absolute Gasteiger partial charge is 0.234 e. The van der Waals surface area contributed by atoms with Crippen LogP contribution < -0.4 is 20.1 Å². The molecule has 8 nitrogen and oxygen atoms in total. The van der Waals surface area contributed by atoms with Gasteiger partial charge in [-0.2, -0.15) is 0 Å². The SMILES string of the molecule is COc1ccc(-c2ccc(SCC(=O)Nc3ccc(NC(C)=O)cc3)nn2)cc1OC. The van der Waals surface area contributed by atoms with Gasteiger partial charge in [0.25, 0.3) is 0 Å². The number of hydrogen-bond acceptors (Lipinski definition) is 7. The summed E-state index contributed by atoms with van der Waals surface area (Å²) >= 11 is 1.29. The summed E-state index contributed by atoms with van der Waals surface area (Å²) in [6.45, 7) is 1.44. The number of anilines is 2. The van der Waals surface area contributed by atoms with Crippen molar-refractivity contribution in [1.29, 1.82) is 0 Å². The monoisotopic (exact) mass is 438 g/mol. The summed E-state index contributed by atoms with van der Waals surface area (Å²) in [5.74, 6) is 1.14. The topological polar surface area (TPSA) is 102 Å². The van der Waals surface area contributed by atoms with E-state index in [0.717, 1.165) is 5.56 Å². The molecule has 2 N–H and O–H groups in total. The number of ether oxygens (including phenoxy) is 2. The first-order chi connectivity index (χ1) is 15.0. The van der Waals surface area contributed by atoms with Crippen LogP contribution >= 0.6 is 11.8 Å². The summed E-state index contributed by atoms with van der Waals surface area (Å²) in [6, 6.07) is 16.1. The second kappa shape index (κ2) is 10.4. The normalized spacial score (nSPS) is 10.3. The maximum Gasteiger partial charge on any atom is 0.234 e. The lowest BCUT2D eigenvalue weighted by Gasteiger charge is -2.09. The number of thioether (sulfide) groups is 1. The van der Waals surface area contributed by atoms with Gasteiger partial charge in [-0.1, -0.05) is 11.8 Å². The molecule has 0 bridgehead atoms. The van der Waals surface area contributed by atoms with E-state index in [1.807, 2.05) is 30.3 Å². The van der Waals surface area contributed by atoms with Crippen molar-refractivity contribution in [2.75, 3.05) is 30.6 Å². The molecule has 2 aromatic carbocycles. The lowest BCUT2D eigenvalue weighted by molar-refractivity contribution is -0.114. The highest BCUT2D eigenvalue weighted by Gasteiger charge is 2.09. The molecule has 0 spiro atoms. The molecule has 0 unspecified atom stereocenters. The Kier molecular flexibility index (Phi) is 7.45. The highest BCUT2D eigenvalue weighted by Crippen LogP contribution is 2.31. The Balaban J connectivity index is 1.55. The number of hydrogen-bond donors (Lipinski definition) is 2. The van der Waals surface area contributed by atoms with Gasteiger partial charge in [-0.05, 0) is 54.6 Å². The molecule has 3 aromatic rings. The van der Waals surface area contributed by atoms with Crippen LogP contribution in [0.1, 0.15) is 6.92 Å². The third-order valence-electron chi connectivity index (χ3n) is 4.16. The molecule has 0 radical (unpaired) electrons. The van der Waals surface area contributed by atoms with Gasteiger partial charge >= 0.3 is 0 Å². The summed E-state index contributed by atoms with van der Waals surface area (Å²) in [7, 11) is 3.16. The quantitative estimate of drug-likeness (QED) is 0.515. The van der Waals surface area contributed by atoms with Crippen LogP contribution in [0.5, 0.6) is 11.5 Å². The van der Waals surface area contributed by atoms with Crippen LogP contribution in [0, 0.1) is 0 Å². The van der Waals surface area contributed by atoms with Crippen molar-refractivity contribution in [3.8, 4) is 22.8 Å². The van der Waals surface area contributed by atoms with Gasteiger partial charge < -0.3 is 20.1 Å². The van der Waals surface area contributed by atoms with Crippen molar-refractivity contribution in [3.63, 3.8) is 0 Å². The maximum atomic E-state index is 12.2. The average Bonchev–Trinajstić information content (AvgIpc) is 2.78. The zero-order valence-electron chi connectivity index (χ0n) is 17.3. The highest BCUT2D eigenvalue weighted by atomic mass is 32.2. The van der Waals surface area contributed by atoms with Crippen LogP contribution in [0.25, 0.3) is 11.3 Å². The van der Waals surface area contributed by atoms with Gasteiger partial charge in [0.15, 0.2) is 11.5 Å². The Morgan fingerprint density at radius 2 is 1.55 bits per heavy atom. The Morgan fingerprint density at radius 1 is 0.871 bits per heavy atom. The fourth-order valence-electron chi connectivity index (χ4n) is 2.72. The molecule has 0 aliphatic heterocycles. The van der Waals surface area contributed by atoms with Crippen molar-refractivity contribution >= 4 is 35.0 Å². The predicted octanol–water partition coefficient (Wildman–Crippen LogP) is 3.85. The second-order valence-corrected chi connectivity index (χ2v) is 7.42. The molecule has 0 saturated heterocycles. The molecule has 2 amide bonds. The number of carbonyl (C=O) groups excluding carboxylic acids is 2. The van der Waals surface area contributed by atoms with Crippen LogP contribution in [-0.2, 0) is 9.59 Å². The molecular formula is C22H22N4O4S. The van der Waals surface area contributed by atoms with E-state index < -0.39 is 0 Å². The molecule has 0 aliphatic carbocycles. The molecule has 0 atom stereocenters. The minimum Gasteiger partial charge on any atom is -0.493 e. The molecule has 9 heteroatoms. The number of nitrogens with zero attached hydrogens (tertiary/aromatic N) is 2. The van der Waals surface area contributed by atoms with E-state index >= 15 is 0 Å².